The van der Waals surface area contributed by atoms with Gasteiger partial charge in [0.1, 0.15) is 0 Å². The Morgan fingerprint density at radius 3 is 1.83 bits per heavy atom. The van der Waals surface area contributed by atoms with Crippen LogP contribution in [0.4, 0.5) is 24.5 Å². The van der Waals surface area contributed by atoms with Gasteiger partial charge in [0.05, 0.1) is 16.9 Å². The Balaban J connectivity index is 0.000000238. The predicted molar refractivity (Wildman–Crippen MR) is 78.2 cm³/mol. The molecule has 118 valence electrons. The molecule has 0 radical (unpaired) electrons. The topological polar surface area (TPSA) is 58.9 Å². The van der Waals surface area contributed by atoms with E-state index in [9.17, 15) is 22.8 Å². The Kier molecular flexibility index (Phi) is 6.62. The molecule has 0 unspecified atom stereocenters. The quantitative estimate of drug-likeness (QED) is 0.598. The van der Waals surface area contributed by atoms with Crippen molar-refractivity contribution in [3.63, 3.8) is 0 Å². The standard InChI is InChI=1S/C8H4F3NO.C8H7NO/c9-8(10,11)6-3-1-2-4-7(6)12-5-13;1-7-4-2-3-5-8(7)9-6-10/h1-4H;2-5H,1H3. The number of isocyanates is 2. The molecule has 0 fully saturated rings. The normalized spacial score (nSPS) is 9.74. The van der Waals surface area contributed by atoms with Crippen LogP contribution in [0.25, 0.3) is 0 Å². The molecule has 2 rings (SSSR count). The SMILES string of the molecule is Cc1ccccc1N=C=O.O=C=Nc1ccccc1C(F)(F)F. The van der Waals surface area contributed by atoms with Gasteiger partial charge >= 0.3 is 6.18 Å². The average molecular weight is 320 g/mol. The number of aliphatic imine (C=N–C) groups is 2. The van der Waals surface area contributed by atoms with E-state index in [2.05, 4.69) is 9.98 Å². The Morgan fingerprint density at radius 2 is 1.30 bits per heavy atom. The maximum Gasteiger partial charge on any atom is 0.418 e. The van der Waals surface area contributed by atoms with Gasteiger partial charge in [-0.2, -0.15) is 23.2 Å². The molecule has 0 heterocycles. The largest absolute Gasteiger partial charge is 0.418 e. The molecule has 2 aromatic carbocycles. The lowest BCUT2D eigenvalue weighted by atomic mass is 10.2. The fourth-order valence-corrected chi connectivity index (χ4v) is 1.60. The zero-order chi connectivity index (χ0) is 17.3. The van der Waals surface area contributed by atoms with Crippen LogP contribution in [0.1, 0.15) is 11.1 Å². The molecule has 0 saturated heterocycles. The van der Waals surface area contributed by atoms with Crippen LogP contribution in [0.15, 0.2) is 58.5 Å². The number of nitrogens with zero attached hydrogens (tertiary/aromatic N) is 2. The van der Waals surface area contributed by atoms with E-state index in [-0.39, 0.29) is 0 Å². The van der Waals surface area contributed by atoms with E-state index in [4.69, 9.17) is 0 Å². The van der Waals surface area contributed by atoms with Crippen molar-refractivity contribution in [1.29, 1.82) is 0 Å². The van der Waals surface area contributed by atoms with Gasteiger partial charge in [0, 0.05) is 0 Å². The van der Waals surface area contributed by atoms with Crippen molar-refractivity contribution in [2.24, 2.45) is 9.98 Å². The number of rotatable bonds is 2. The predicted octanol–water partition coefficient (Wildman–Crippen LogP) is 4.64. The van der Waals surface area contributed by atoms with E-state index in [1.165, 1.54) is 18.2 Å². The minimum absolute atomic E-state index is 0.412. The lowest BCUT2D eigenvalue weighted by Gasteiger charge is -2.07. The first-order valence-electron chi connectivity index (χ1n) is 6.27. The Labute approximate surface area is 130 Å². The van der Waals surface area contributed by atoms with Crippen LogP contribution >= 0.6 is 0 Å². The highest BCUT2D eigenvalue weighted by molar-refractivity contribution is 5.54. The molecule has 0 bridgehead atoms. The molecule has 0 aliphatic heterocycles. The Bertz CT molecular complexity index is 760. The average Bonchev–Trinajstić information content (AvgIpc) is 2.50. The van der Waals surface area contributed by atoms with Gasteiger partial charge in [-0.25, -0.2) is 9.59 Å². The van der Waals surface area contributed by atoms with Crippen molar-refractivity contribution in [2.75, 3.05) is 0 Å². The summed E-state index contributed by atoms with van der Waals surface area (Å²) < 4.78 is 36.5. The molecule has 0 aromatic heterocycles. The molecule has 23 heavy (non-hydrogen) atoms. The Hall–Kier alpha value is -3.01. The van der Waals surface area contributed by atoms with Gasteiger partial charge in [-0.3, -0.25) is 0 Å². The van der Waals surface area contributed by atoms with E-state index in [0.29, 0.717) is 5.69 Å². The molecular weight excluding hydrogens is 309 g/mol. The smallest absolute Gasteiger partial charge is 0.211 e. The van der Waals surface area contributed by atoms with Crippen LogP contribution in [0.3, 0.4) is 0 Å². The third-order valence-corrected chi connectivity index (χ3v) is 2.66. The number of benzene rings is 2. The minimum Gasteiger partial charge on any atom is -0.211 e. The summed E-state index contributed by atoms with van der Waals surface area (Å²) in [5.74, 6) is 0. The van der Waals surface area contributed by atoms with Crippen LogP contribution in [0, 0.1) is 6.92 Å². The second-order valence-corrected chi connectivity index (χ2v) is 4.21. The first-order valence-corrected chi connectivity index (χ1v) is 6.27. The highest BCUT2D eigenvalue weighted by atomic mass is 19.4. The molecule has 0 atom stereocenters. The number of para-hydroxylation sites is 2. The molecule has 0 saturated carbocycles. The molecule has 0 aliphatic rings. The van der Waals surface area contributed by atoms with E-state index in [1.54, 1.807) is 6.07 Å². The summed E-state index contributed by atoms with van der Waals surface area (Å²) in [6, 6.07) is 12.0. The maximum absolute atomic E-state index is 12.2. The van der Waals surface area contributed by atoms with Crippen LogP contribution < -0.4 is 0 Å². The lowest BCUT2D eigenvalue weighted by molar-refractivity contribution is -0.137. The van der Waals surface area contributed by atoms with Crippen molar-refractivity contribution < 1.29 is 22.8 Å². The number of hydrogen-bond acceptors (Lipinski definition) is 4. The van der Waals surface area contributed by atoms with E-state index in [1.807, 2.05) is 25.1 Å². The number of alkyl halides is 3. The van der Waals surface area contributed by atoms with Gasteiger partial charge in [0.15, 0.2) is 0 Å². The first kappa shape index (κ1) is 18.0. The molecular formula is C16H11F3N2O2. The van der Waals surface area contributed by atoms with E-state index in [0.717, 1.165) is 23.8 Å². The molecule has 0 N–H and O–H groups in total. The number of hydrogen-bond donors (Lipinski definition) is 0. The monoisotopic (exact) mass is 320 g/mol. The van der Waals surface area contributed by atoms with E-state index < -0.39 is 17.4 Å². The van der Waals surface area contributed by atoms with Crippen LogP contribution in [0.5, 0.6) is 0 Å². The molecule has 4 nitrogen and oxygen atoms in total. The molecule has 0 spiro atoms. The third kappa shape index (κ3) is 5.71. The van der Waals surface area contributed by atoms with Gasteiger partial charge in [0.25, 0.3) is 0 Å². The third-order valence-electron chi connectivity index (χ3n) is 2.66. The Morgan fingerprint density at radius 1 is 0.826 bits per heavy atom. The first-order chi connectivity index (χ1) is 10.9. The van der Waals surface area contributed by atoms with Gasteiger partial charge in [-0.15, -0.1) is 0 Å². The molecule has 7 heteroatoms. The second-order valence-electron chi connectivity index (χ2n) is 4.21. The highest BCUT2D eigenvalue weighted by Gasteiger charge is 2.33. The summed E-state index contributed by atoms with van der Waals surface area (Å²) >= 11 is 0. The molecule has 0 aliphatic carbocycles. The van der Waals surface area contributed by atoms with E-state index >= 15 is 0 Å². The number of aryl methyl sites for hydroxylation is 1. The maximum atomic E-state index is 12.2. The van der Waals surface area contributed by atoms with Crippen LogP contribution in [0.2, 0.25) is 0 Å². The van der Waals surface area contributed by atoms with Crippen molar-refractivity contribution >= 4 is 23.5 Å². The van der Waals surface area contributed by atoms with Crippen molar-refractivity contribution in [3.05, 3.63) is 59.7 Å². The van der Waals surface area contributed by atoms with Gasteiger partial charge in [0.2, 0.25) is 12.2 Å². The summed E-state index contributed by atoms with van der Waals surface area (Å²) in [4.78, 5) is 26.1. The van der Waals surface area contributed by atoms with Gasteiger partial charge < -0.3 is 0 Å². The molecule has 2 aromatic rings. The zero-order valence-corrected chi connectivity index (χ0v) is 12.0. The van der Waals surface area contributed by atoms with Crippen LogP contribution in [-0.4, -0.2) is 12.2 Å². The number of halogens is 3. The fourth-order valence-electron chi connectivity index (χ4n) is 1.60. The summed E-state index contributed by atoms with van der Waals surface area (Å²) in [6.45, 7) is 1.90. The van der Waals surface area contributed by atoms with Gasteiger partial charge in [-0.05, 0) is 30.7 Å². The summed E-state index contributed by atoms with van der Waals surface area (Å²) in [6.07, 6.45) is -1.92. The van der Waals surface area contributed by atoms with Gasteiger partial charge in [-0.1, -0.05) is 30.3 Å². The molecule has 0 amide bonds. The minimum atomic E-state index is -4.49. The zero-order valence-electron chi connectivity index (χ0n) is 12.0. The fraction of sp³-hybridized carbons (Fsp3) is 0.125. The summed E-state index contributed by atoms with van der Waals surface area (Å²) in [5, 5.41) is 0. The van der Waals surface area contributed by atoms with Crippen molar-refractivity contribution in [2.45, 2.75) is 13.1 Å². The second kappa shape index (κ2) is 8.44. The van der Waals surface area contributed by atoms with Crippen molar-refractivity contribution in [3.8, 4) is 0 Å². The summed E-state index contributed by atoms with van der Waals surface area (Å²) in [5.41, 5.74) is 0.340. The van der Waals surface area contributed by atoms with Crippen LogP contribution in [-0.2, 0) is 15.8 Å². The highest BCUT2D eigenvalue weighted by Crippen LogP contribution is 2.35. The van der Waals surface area contributed by atoms with Crippen molar-refractivity contribution in [1.82, 2.24) is 0 Å². The number of carbonyl (C=O) groups excluding carboxylic acids is 2. The summed E-state index contributed by atoms with van der Waals surface area (Å²) in [7, 11) is 0. The lowest BCUT2D eigenvalue weighted by Crippen LogP contribution is -2.04.